The highest BCUT2D eigenvalue weighted by atomic mass is 35.7. The summed E-state index contributed by atoms with van der Waals surface area (Å²) in [6.45, 7) is 0.585. The molecule has 0 heterocycles. The van der Waals surface area contributed by atoms with Gasteiger partial charge in [0.1, 0.15) is 10.7 Å². The highest BCUT2D eigenvalue weighted by Crippen LogP contribution is 2.31. The van der Waals surface area contributed by atoms with Gasteiger partial charge >= 0.3 is 0 Å². The lowest BCUT2D eigenvalue weighted by molar-refractivity contribution is 0.182. The van der Waals surface area contributed by atoms with Crippen molar-refractivity contribution in [2.24, 2.45) is 0 Å². The van der Waals surface area contributed by atoms with E-state index < -0.39 is 31.3 Å². The number of hydrogen-bond acceptors (Lipinski definition) is 4. The van der Waals surface area contributed by atoms with Gasteiger partial charge in [0.25, 0.3) is 9.05 Å². The van der Waals surface area contributed by atoms with Gasteiger partial charge in [-0.15, -0.1) is 0 Å². The lowest BCUT2D eigenvalue weighted by atomic mass is 10.3. The van der Waals surface area contributed by atoms with E-state index in [1.807, 2.05) is 0 Å². The minimum absolute atomic E-state index is 0.0747. The molecule has 8 heteroatoms. The van der Waals surface area contributed by atoms with Gasteiger partial charge in [0.05, 0.1) is 6.61 Å². The second-order valence-corrected chi connectivity index (χ2v) is 6.24. The fourth-order valence-corrected chi connectivity index (χ4v) is 2.36. The zero-order valence-electron chi connectivity index (χ0n) is 10.2. The van der Waals surface area contributed by atoms with Crippen LogP contribution in [0.4, 0.5) is 8.78 Å². The van der Waals surface area contributed by atoms with Crippen LogP contribution in [-0.4, -0.2) is 28.7 Å². The van der Waals surface area contributed by atoms with Gasteiger partial charge in [0.15, 0.2) is 11.6 Å². The first-order valence-electron chi connectivity index (χ1n) is 5.41. The van der Waals surface area contributed by atoms with Crippen LogP contribution in [-0.2, 0) is 13.8 Å². The molecule has 0 saturated carbocycles. The molecule has 1 aromatic rings. The molecule has 1 aromatic carbocycles. The Kier molecular flexibility index (Phi) is 5.96. The molecule has 0 amide bonds. The molecule has 0 aromatic heterocycles. The van der Waals surface area contributed by atoms with Crippen molar-refractivity contribution >= 4 is 19.7 Å². The van der Waals surface area contributed by atoms with E-state index in [9.17, 15) is 17.2 Å². The molecule has 19 heavy (non-hydrogen) atoms. The normalized spacial score (nSPS) is 11.6. The number of hydrogen-bond donors (Lipinski definition) is 0. The maximum atomic E-state index is 13.5. The Morgan fingerprint density at radius 1 is 1.21 bits per heavy atom. The predicted octanol–water partition coefficient (Wildman–Crippen LogP) is 2.70. The predicted molar refractivity (Wildman–Crippen MR) is 66.0 cm³/mol. The van der Waals surface area contributed by atoms with Crippen LogP contribution >= 0.6 is 10.7 Å². The molecular formula is C11H13ClF2O4S. The second kappa shape index (κ2) is 7.02. The van der Waals surface area contributed by atoms with Crippen LogP contribution in [0.1, 0.15) is 12.8 Å². The van der Waals surface area contributed by atoms with Crippen molar-refractivity contribution in [2.45, 2.75) is 17.7 Å². The smallest absolute Gasteiger partial charge is 0.265 e. The molecule has 0 aliphatic heterocycles. The van der Waals surface area contributed by atoms with Crippen molar-refractivity contribution in [2.75, 3.05) is 20.3 Å². The third-order valence-corrected chi connectivity index (χ3v) is 3.55. The van der Waals surface area contributed by atoms with Gasteiger partial charge in [-0.2, -0.15) is 0 Å². The van der Waals surface area contributed by atoms with Crippen LogP contribution in [0.15, 0.2) is 17.0 Å². The first-order chi connectivity index (χ1) is 8.86. The quantitative estimate of drug-likeness (QED) is 0.573. The van der Waals surface area contributed by atoms with E-state index in [0.717, 1.165) is 0 Å². The first-order valence-corrected chi connectivity index (χ1v) is 7.72. The Labute approximate surface area is 114 Å². The first kappa shape index (κ1) is 16.1. The molecule has 0 saturated heterocycles. The summed E-state index contributed by atoms with van der Waals surface area (Å²) in [7, 11) is 2.37. The summed E-state index contributed by atoms with van der Waals surface area (Å²) in [6.07, 6.45) is 1.20. The fourth-order valence-electron chi connectivity index (χ4n) is 1.38. The molecule has 0 radical (unpaired) electrons. The molecule has 108 valence electrons. The monoisotopic (exact) mass is 314 g/mol. The zero-order valence-corrected chi connectivity index (χ0v) is 11.7. The molecule has 0 bridgehead atoms. The van der Waals surface area contributed by atoms with Crippen LogP contribution in [0.2, 0.25) is 0 Å². The van der Waals surface area contributed by atoms with E-state index >= 15 is 0 Å². The van der Waals surface area contributed by atoms with Gasteiger partial charge in [0, 0.05) is 30.5 Å². The van der Waals surface area contributed by atoms with Gasteiger partial charge < -0.3 is 9.47 Å². The van der Waals surface area contributed by atoms with Crippen molar-refractivity contribution in [3.05, 3.63) is 23.8 Å². The molecule has 0 spiro atoms. The van der Waals surface area contributed by atoms with Crippen LogP contribution in [0.25, 0.3) is 0 Å². The molecule has 0 unspecified atom stereocenters. The van der Waals surface area contributed by atoms with Crippen LogP contribution in [0, 0.1) is 11.6 Å². The van der Waals surface area contributed by atoms with Gasteiger partial charge in [-0.05, 0) is 18.9 Å². The molecule has 4 nitrogen and oxygen atoms in total. The van der Waals surface area contributed by atoms with Crippen molar-refractivity contribution in [3.63, 3.8) is 0 Å². The van der Waals surface area contributed by atoms with Crippen molar-refractivity contribution < 1.29 is 26.7 Å². The highest BCUT2D eigenvalue weighted by molar-refractivity contribution is 8.13. The van der Waals surface area contributed by atoms with E-state index in [2.05, 4.69) is 0 Å². The summed E-state index contributed by atoms with van der Waals surface area (Å²) in [5.41, 5.74) is 0. The molecule has 0 atom stereocenters. The van der Waals surface area contributed by atoms with Gasteiger partial charge in [-0.1, -0.05) is 0 Å². The zero-order chi connectivity index (χ0) is 14.5. The Hall–Kier alpha value is -0.920. The maximum absolute atomic E-state index is 13.5. The third kappa shape index (κ3) is 4.93. The minimum atomic E-state index is -4.28. The van der Waals surface area contributed by atoms with Crippen LogP contribution in [0.3, 0.4) is 0 Å². The lowest BCUT2D eigenvalue weighted by Crippen LogP contribution is -2.06. The number of rotatable bonds is 7. The number of halogens is 3. The third-order valence-electron chi connectivity index (χ3n) is 2.23. The topological polar surface area (TPSA) is 52.6 Å². The number of unbranched alkanes of at least 4 members (excludes halogenated alkanes) is 1. The summed E-state index contributed by atoms with van der Waals surface area (Å²) in [5.74, 6) is -2.71. The maximum Gasteiger partial charge on any atom is 0.265 e. The van der Waals surface area contributed by atoms with Gasteiger partial charge in [-0.3, -0.25) is 0 Å². The van der Waals surface area contributed by atoms with Crippen molar-refractivity contribution in [1.29, 1.82) is 0 Å². The molecule has 0 N–H and O–H groups in total. The summed E-state index contributed by atoms with van der Waals surface area (Å²) < 4.78 is 58.8. The largest absolute Gasteiger partial charge is 0.489 e. The molecule has 0 aliphatic rings. The Balaban J connectivity index is 2.87. The number of ether oxygens (including phenoxy) is 2. The lowest BCUT2D eigenvalue weighted by Gasteiger charge is -2.10. The molecular weight excluding hydrogens is 302 g/mol. The van der Waals surface area contributed by atoms with E-state index in [-0.39, 0.29) is 6.61 Å². The SMILES string of the molecule is COCCCCOc1c(F)cc(F)cc1S(=O)(=O)Cl. The van der Waals surface area contributed by atoms with Crippen LogP contribution in [0.5, 0.6) is 5.75 Å². The van der Waals surface area contributed by atoms with E-state index in [1.54, 1.807) is 7.11 Å². The summed E-state index contributed by atoms with van der Waals surface area (Å²) in [4.78, 5) is -0.710. The van der Waals surface area contributed by atoms with E-state index in [1.165, 1.54) is 0 Å². The molecule has 0 fully saturated rings. The standard InChI is InChI=1S/C11H13ClF2O4S/c1-17-4-2-3-5-18-11-9(14)6-8(13)7-10(11)19(12,15)16/h6-7H,2-5H2,1H3. The molecule has 1 rings (SSSR count). The Morgan fingerprint density at radius 2 is 1.84 bits per heavy atom. The summed E-state index contributed by atoms with van der Waals surface area (Å²) in [6, 6.07) is 1.16. The highest BCUT2D eigenvalue weighted by Gasteiger charge is 2.22. The van der Waals surface area contributed by atoms with E-state index in [4.69, 9.17) is 20.2 Å². The van der Waals surface area contributed by atoms with Crippen molar-refractivity contribution in [1.82, 2.24) is 0 Å². The fraction of sp³-hybridized carbons (Fsp3) is 0.455. The van der Waals surface area contributed by atoms with E-state index in [0.29, 0.717) is 31.6 Å². The second-order valence-electron chi connectivity index (χ2n) is 3.70. The molecule has 0 aliphatic carbocycles. The van der Waals surface area contributed by atoms with Gasteiger partial charge in [0.2, 0.25) is 0 Å². The number of methoxy groups -OCH3 is 1. The van der Waals surface area contributed by atoms with Crippen molar-refractivity contribution in [3.8, 4) is 5.75 Å². The number of benzene rings is 1. The summed E-state index contributed by atoms with van der Waals surface area (Å²) in [5, 5.41) is 0. The minimum Gasteiger partial charge on any atom is -0.489 e. The Bertz CT molecular complexity index is 534. The van der Waals surface area contributed by atoms with Gasteiger partial charge in [-0.25, -0.2) is 17.2 Å². The summed E-state index contributed by atoms with van der Waals surface area (Å²) >= 11 is 0. The van der Waals surface area contributed by atoms with Crippen LogP contribution < -0.4 is 4.74 Å². The average Bonchev–Trinajstić information content (AvgIpc) is 2.29. The average molecular weight is 315 g/mol. The Morgan fingerprint density at radius 3 is 2.42 bits per heavy atom.